The maximum Gasteiger partial charge on any atom is 0.123 e. The van der Waals surface area contributed by atoms with Crippen molar-refractivity contribution in [2.45, 2.75) is 18.5 Å². The minimum Gasteiger partial charge on any atom is -0.342 e. The fourth-order valence-corrected chi connectivity index (χ4v) is 3.50. The molecule has 1 atom stereocenters. The van der Waals surface area contributed by atoms with Crippen LogP contribution in [0.15, 0.2) is 59.7 Å². The van der Waals surface area contributed by atoms with Crippen molar-refractivity contribution in [1.29, 1.82) is 5.26 Å². The van der Waals surface area contributed by atoms with Crippen molar-refractivity contribution in [2.24, 2.45) is 5.73 Å². The van der Waals surface area contributed by atoms with Crippen molar-refractivity contribution in [3.63, 3.8) is 0 Å². The molecule has 1 aromatic carbocycles. The molecule has 0 saturated carbocycles. The van der Waals surface area contributed by atoms with Crippen molar-refractivity contribution in [1.82, 2.24) is 14.5 Å². The van der Waals surface area contributed by atoms with E-state index < -0.39 is 0 Å². The standard InChI is InChI=1S/C19H19Cl2N5/c20-18-6-5-16(10-23)19(21)26(18)8-7-17-11-24-13-25(17)12-15-3-1-14(9-22)2-4-15/h1-6,11,13,18H,7-8,10,12,23H2. The molecule has 0 amide bonds. The second-order valence-electron chi connectivity index (χ2n) is 6.02. The van der Waals surface area contributed by atoms with Crippen LogP contribution in [0.5, 0.6) is 0 Å². The Morgan fingerprint density at radius 2 is 2.04 bits per heavy atom. The van der Waals surface area contributed by atoms with Gasteiger partial charge >= 0.3 is 0 Å². The molecule has 1 aromatic heterocycles. The number of rotatable bonds is 6. The fraction of sp³-hybridized carbons (Fsp3) is 0.263. The molecule has 2 aromatic rings. The lowest BCUT2D eigenvalue weighted by Gasteiger charge is -2.31. The van der Waals surface area contributed by atoms with Gasteiger partial charge in [0.1, 0.15) is 10.7 Å². The van der Waals surface area contributed by atoms with Crippen LogP contribution in [-0.4, -0.2) is 33.0 Å². The van der Waals surface area contributed by atoms with Gasteiger partial charge in [-0.25, -0.2) is 4.98 Å². The van der Waals surface area contributed by atoms with Crippen LogP contribution in [0.25, 0.3) is 0 Å². The highest BCUT2D eigenvalue weighted by Gasteiger charge is 2.21. The van der Waals surface area contributed by atoms with Crippen molar-refractivity contribution < 1.29 is 0 Å². The van der Waals surface area contributed by atoms with Gasteiger partial charge in [0.25, 0.3) is 0 Å². The van der Waals surface area contributed by atoms with Gasteiger partial charge in [0.2, 0.25) is 0 Å². The largest absolute Gasteiger partial charge is 0.342 e. The number of hydrogen-bond acceptors (Lipinski definition) is 4. The quantitative estimate of drug-likeness (QED) is 0.610. The van der Waals surface area contributed by atoms with Crippen LogP contribution in [0.1, 0.15) is 16.8 Å². The SMILES string of the molecule is N#Cc1ccc(Cn2cncc2CCN2C(Cl)=C(CN)C=CC2Cl)cc1. The number of nitriles is 1. The summed E-state index contributed by atoms with van der Waals surface area (Å²) >= 11 is 12.8. The number of hydrogen-bond donors (Lipinski definition) is 1. The number of nitrogens with zero attached hydrogens (tertiary/aromatic N) is 4. The van der Waals surface area contributed by atoms with Gasteiger partial charge in [-0.2, -0.15) is 5.26 Å². The number of alkyl halides is 1. The van der Waals surface area contributed by atoms with Crippen molar-refractivity contribution in [2.75, 3.05) is 13.1 Å². The third kappa shape index (κ3) is 4.10. The smallest absolute Gasteiger partial charge is 0.123 e. The monoisotopic (exact) mass is 387 g/mol. The summed E-state index contributed by atoms with van der Waals surface area (Å²) < 4.78 is 2.09. The average Bonchev–Trinajstić information content (AvgIpc) is 3.09. The van der Waals surface area contributed by atoms with Gasteiger partial charge in [0.15, 0.2) is 0 Å². The van der Waals surface area contributed by atoms with Gasteiger partial charge in [-0.15, -0.1) is 0 Å². The van der Waals surface area contributed by atoms with Crippen LogP contribution in [0.2, 0.25) is 0 Å². The highest BCUT2D eigenvalue weighted by Crippen LogP contribution is 2.26. The first-order valence-corrected chi connectivity index (χ1v) is 9.09. The first-order valence-electron chi connectivity index (χ1n) is 8.28. The molecule has 0 radical (unpaired) electrons. The van der Waals surface area contributed by atoms with E-state index in [0.29, 0.717) is 30.4 Å². The molecular weight excluding hydrogens is 369 g/mol. The zero-order valence-corrected chi connectivity index (χ0v) is 15.7. The van der Waals surface area contributed by atoms with Gasteiger partial charge in [0, 0.05) is 43.5 Å². The molecule has 134 valence electrons. The summed E-state index contributed by atoms with van der Waals surface area (Å²) in [6.07, 6.45) is 8.19. The van der Waals surface area contributed by atoms with Crippen LogP contribution >= 0.6 is 23.2 Å². The van der Waals surface area contributed by atoms with Gasteiger partial charge in [0.05, 0.1) is 18.0 Å². The lowest BCUT2D eigenvalue weighted by Crippen LogP contribution is -2.33. The molecule has 0 saturated heterocycles. The topological polar surface area (TPSA) is 70.9 Å². The molecule has 7 heteroatoms. The second kappa shape index (κ2) is 8.41. The Morgan fingerprint density at radius 3 is 2.73 bits per heavy atom. The Hall–Kier alpha value is -2.26. The molecule has 0 spiro atoms. The average molecular weight is 388 g/mol. The molecule has 1 aliphatic rings. The summed E-state index contributed by atoms with van der Waals surface area (Å²) in [4.78, 5) is 6.20. The number of aromatic nitrogens is 2. The molecule has 0 bridgehead atoms. The molecule has 5 nitrogen and oxygen atoms in total. The Labute approximate surface area is 162 Å². The summed E-state index contributed by atoms with van der Waals surface area (Å²) in [6, 6.07) is 9.69. The van der Waals surface area contributed by atoms with E-state index in [0.717, 1.165) is 23.3 Å². The Bertz CT molecular complexity index is 861. The molecule has 2 heterocycles. The second-order valence-corrected chi connectivity index (χ2v) is 6.82. The first kappa shape index (κ1) is 18.5. The first-order chi connectivity index (χ1) is 12.6. The maximum absolute atomic E-state index is 8.89. The third-order valence-corrected chi connectivity index (χ3v) is 5.18. The highest BCUT2D eigenvalue weighted by molar-refractivity contribution is 6.31. The molecule has 0 aliphatic carbocycles. The fourth-order valence-electron chi connectivity index (χ4n) is 2.85. The minimum atomic E-state index is -0.285. The zero-order valence-electron chi connectivity index (χ0n) is 14.1. The molecular formula is C19H19Cl2N5. The van der Waals surface area contributed by atoms with Gasteiger partial charge in [-0.3, -0.25) is 0 Å². The van der Waals surface area contributed by atoms with Crippen molar-refractivity contribution >= 4 is 23.2 Å². The Morgan fingerprint density at radius 1 is 1.27 bits per heavy atom. The molecule has 2 N–H and O–H groups in total. The van der Waals surface area contributed by atoms with Gasteiger partial charge in [-0.1, -0.05) is 41.4 Å². The lowest BCUT2D eigenvalue weighted by atomic mass is 10.1. The van der Waals surface area contributed by atoms with E-state index in [1.165, 1.54) is 0 Å². The van der Waals surface area contributed by atoms with E-state index in [1.807, 2.05) is 53.8 Å². The van der Waals surface area contributed by atoms with Crippen LogP contribution in [0.3, 0.4) is 0 Å². The number of halogens is 2. The predicted molar refractivity (Wildman–Crippen MR) is 104 cm³/mol. The summed E-state index contributed by atoms with van der Waals surface area (Å²) in [5.41, 5.74) is 9.18. The van der Waals surface area contributed by atoms with Crippen LogP contribution in [0.4, 0.5) is 0 Å². The predicted octanol–water partition coefficient (Wildman–Crippen LogP) is 3.19. The van der Waals surface area contributed by atoms with E-state index in [1.54, 1.807) is 0 Å². The summed E-state index contributed by atoms with van der Waals surface area (Å²) in [6.45, 7) is 1.74. The van der Waals surface area contributed by atoms with Gasteiger partial charge < -0.3 is 15.2 Å². The van der Waals surface area contributed by atoms with E-state index in [-0.39, 0.29) is 5.50 Å². The number of imidazole rings is 1. The van der Waals surface area contributed by atoms with Crippen LogP contribution in [-0.2, 0) is 13.0 Å². The molecule has 3 rings (SSSR count). The summed E-state index contributed by atoms with van der Waals surface area (Å²) in [5.74, 6) is 0. The number of benzene rings is 1. The molecule has 1 unspecified atom stereocenters. The van der Waals surface area contributed by atoms with E-state index in [4.69, 9.17) is 34.2 Å². The van der Waals surface area contributed by atoms with E-state index in [9.17, 15) is 0 Å². The summed E-state index contributed by atoms with van der Waals surface area (Å²) in [5, 5.41) is 9.50. The van der Waals surface area contributed by atoms with E-state index in [2.05, 4.69) is 15.6 Å². The van der Waals surface area contributed by atoms with Gasteiger partial charge in [-0.05, 0) is 23.8 Å². The normalized spacial score (nSPS) is 16.8. The Kier molecular flexibility index (Phi) is 6.00. The maximum atomic E-state index is 8.89. The molecule has 0 fully saturated rings. The molecule has 1 aliphatic heterocycles. The van der Waals surface area contributed by atoms with Crippen molar-refractivity contribution in [3.8, 4) is 6.07 Å². The molecule has 26 heavy (non-hydrogen) atoms. The number of nitrogens with two attached hydrogens (primary N) is 1. The van der Waals surface area contributed by atoms with Crippen LogP contribution < -0.4 is 5.73 Å². The minimum absolute atomic E-state index is 0.285. The lowest BCUT2D eigenvalue weighted by molar-refractivity contribution is 0.367. The van der Waals surface area contributed by atoms with E-state index >= 15 is 0 Å². The zero-order chi connectivity index (χ0) is 18.5. The van der Waals surface area contributed by atoms with Crippen molar-refractivity contribution in [3.05, 3.63) is 76.5 Å². The highest BCUT2D eigenvalue weighted by atomic mass is 35.5. The third-order valence-electron chi connectivity index (χ3n) is 4.33. The van der Waals surface area contributed by atoms with Crippen LogP contribution in [0, 0.1) is 11.3 Å². The summed E-state index contributed by atoms with van der Waals surface area (Å²) in [7, 11) is 0. The Balaban J connectivity index is 1.68.